The lowest BCUT2D eigenvalue weighted by atomic mass is 10.0. The molecule has 0 aromatic heterocycles. The third kappa shape index (κ3) is 2.88. The van der Waals surface area contributed by atoms with Gasteiger partial charge in [0.15, 0.2) is 0 Å². The summed E-state index contributed by atoms with van der Waals surface area (Å²) in [6.07, 6.45) is 1.27. The molecule has 0 fully saturated rings. The maximum atomic E-state index is 5.95. The van der Waals surface area contributed by atoms with Gasteiger partial charge in [-0.1, -0.05) is 55.5 Å². The molecule has 0 spiro atoms. The van der Waals surface area contributed by atoms with E-state index in [1.807, 2.05) is 24.3 Å². The first kappa shape index (κ1) is 11.7. The third-order valence-electron chi connectivity index (χ3n) is 2.87. The van der Waals surface area contributed by atoms with Gasteiger partial charge in [-0.05, 0) is 25.0 Å². The van der Waals surface area contributed by atoms with Gasteiger partial charge < -0.3 is 4.74 Å². The van der Waals surface area contributed by atoms with E-state index in [1.54, 1.807) is 0 Å². The van der Waals surface area contributed by atoms with Gasteiger partial charge in [0.25, 0.3) is 0 Å². The first-order chi connectivity index (χ1) is 8.31. The molecule has 0 aliphatic heterocycles. The summed E-state index contributed by atoms with van der Waals surface area (Å²) in [4.78, 5) is 0. The van der Waals surface area contributed by atoms with Crippen molar-refractivity contribution in [1.82, 2.24) is 0 Å². The topological polar surface area (TPSA) is 9.23 Å². The lowest BCUT2D eigenvalue weighted by Gasteiger charge is -2.16. The Balaban J connectivity index is 2.34. The molecule has 0 radical (unpaired) electrons. The Kier molecular flexibility index (Phi) is 3.81. The van der Waals surface area contributed by atoms with E-state index in [9.17, 15) is 0 Å². The average Bonchev–Trinajstić information content (AvgIpc) is 2.40. The van der Waals surface area contributed by atoms with Crippen LogP contribution in [0.2, 0.25) is 0 Å². The molecule has 1 nitrogen and oxygen atoms in total. The standard InChI is InChI=1S/C16H18O/c1-3-13(2)17-16-12-8-7-11-15(16)14-9-5-4-6-10-14/h4-13H,3H2,1-2H3. The Morgan fingerprint density at radius 2 is 1.59 bits per heavy atom. The maximum Gasteiger partial charge on any atom is 0.127 e. The molecule has 2 aromatic rings. The van der Waals surface area contributed by atoms with Crippen molar-refractivity contribution < 1.29 is 4.74 Å². The van der Waals surface area contributed by atoms with Gasteiger partial charge in [-0.2, -0.15) is 0 Å². The Morgan fingerprint density at radius 1 is 0.941 bits per heavy atom. The van der Waals surface area contributed by atoms with Crippen molar-refractivity contribution >= 4 is 0 Å². The second-order valence-corrected chi connectivity index (χ2v) is 4.20. The van der Waals surface area contributed by atoms with Crippen LogP contribution in [-0.4, -0.2) is 6.10 Å². The smallest absolute Gasteiger partial charge is 0.127 e. The molecule has 0 heterocycles. The summed E-state index contributed by atoms with van der Waals surface area (Å²) in [6.45, 7) is 4.23. The van der Waals surface area contributed by atoms with Crippen LogP contribution in [-0.2, 0) is 0 Å². The number of para-hydroxylation sites is 1. The van der Waals surface area contributed by atoms with E-state index in [1.165, 1.54) is 5.56 Å². The predicted molar refractivity (Wildman–Crippen MR) is 72.3 cm³/mol. The largest absolute Gasteiger partial charge is 0.490 e. The van der Waals surface area contributed by atoms with E-state index in [2.05, 4.69) is 44.2 Å². The monoisotopic (exact) mass is 226 g/mol. The van der Waals surface area contributed by atoms with Crippen LogP contribution in [0.1, 0.15) is 20.3 Å². The predicted octanol–water partition coefficient (Wildman–Crippen LogP) is 4.53. The van der Waals surface area contributed by atoms with E-state index in [0.717, 1.165) is 17.7 Å². The normalized spacial score (nSPS) is 12.1. The molecule has 0 aliphatic rings. The Bertz CT molecular complexity index is 462. The highest BCUT2D eigenvalue weighted by Gasteiger charge is 2.07. The first-order valence-electron chi connectivity index (χ1n) is 6.12. The lowest BCUT2D eigenvalue weighted by Crippen LogP contribution is -2.10. The molecule has 2 rings (SSSR count). The number of hydrogen-bond donors (Lipinski definition) is 0. The van der Waals surface area contributed by atoms with Crippen LogP contribution < -0.4 is 4.74 Å². The van der Waals surface area contributed by atoms with E-state index in [0.29, 0.717) is 0 Å². The molecule has 1 atom stereocenters. The zero-order valence-corrected chi connectivity index (χ0v) is 10.4. The number of rotatable bonds is 4. The number of ether oxygens (including phenoxy) is 1. The molecule has 2 aromatic carbocycles. The van der Waals surface area contributed by atoms with Crippen molar-refractivity contribution in [2.45, 2.75) is 26.4 Å². The van der Waals surface area contributed by atoms with Crippen LogP contribution in [0, 0.1) is 0 Å². The summed E-state index contributed by atoms with van der Waals surface area (Å²) in [5.74, 6) is 0.966. The minimum atomic E-state index is 0.250. The third-order valence-corrected chi connectivity index (χ3v) is 2.87. The van der Waals surface area contributed by atoms with Crippen molar-refractivity contribution in [1.29, 1.82) is 0 Å². The van der Waals surface area contributed by atoms with Gasteiger partial charge in [0.2, 0.25) is 0 Å². The van der Waals surface area contributed by atoms with Crippen molar-refractivity contribution in [3.63, 3.8) is 0 Å². The summed E-state index contributed by atoms with van der Waals surface area (Å²) in [7, 11) is 0. The summed E-state index contributed by atoms with van der Waals surface area (Å²) in [5, 5.41) is 0. The maximum absolute atomic E-state index is 5.95. The van der Waals surface area contributed by atoms with Crippen molar-refractivity contribution in [2.75, 3.05) is 0 Å². The molecular weight excluding hydrogens is 208 g/mol. The highest BCUT2D eigenvalue weighted by atomic mass is 16.5. The van der Waals surface area contributed by atoms with E-state index in [4.69, 9.17) is 4.74 Å². The molecule has 0 N–H and O–H groups in total. The number of hydrogen-bond acceptors (Lipinski definition) is 1. The summed E-state index contributed by atoms with van der Waals surface area (Å²) in [5.41, 5.74) is 2.36. The molecule has 88 valence electrons. The quantitative estimate of drug-likeness (QED) is 0.744. The molecular formula is C16H18O. The minimum absolute atomic E-state index is 0.250. The van der Waals surface area contributed by atoms with Crippen LogP contribution in [0.25, 0.3) is 11.1 Å². The minimum Gasteiger partial charge on any atom is -0.490 e. The molecule has 0 aliphatic carbocycles. The van der Waals surface area contributed by atoms with Crippen molar-refractivity contribution in [3.8, 4) is 16.9 Å². The molecule has 0 bridgehead atoms. The Labute approximate surface area is 103 Å². The highest BCUT2D eigenvalue weighted by Crippen LogP contribution is 2.30. The lowest BCUT2D eigenvalue weighted by molar-refractivity contribution is 0.218. The van der Waals surface area contributed by atoms with E-state index in [-0.39, 0.29) is 6.10 Å². The molecule has 1 heteroatoms. The second-order valence-electron chi connectivity index (χ2n) is 4.20. The SMILES string of the molecule is CCC(C)Oc1ccccc1-c1ccccc1. The van der Waals surface area contributed by atoms with Crippen LogP contribution in [0.4, 0.5) is 0 Å². The van der Waals surface area contributed by atoms with Gasteiger partial charge in [-0.15, -0.1) is 0 Å². The van der Waals surface area contributed by atoms with Crippen LogP contribution >= 0.6 is 0 Å². The Morgan fingerprint density at radius 3 is 2.29 bits per heavy atom. The molecule has 0 saturated carbocycles. The molecule has 0 saturated heterocycles. The van der Waals surface area contributed by atoms with Gasteiger partial charge in [0.05, 0.1) is 6.10 Å². The molecule has 0 amide bonds. The summed E-state index contributed by atoms with van der Waals surface area (Å²) < 4.78 is 5.95. The Hall–Kier alpha value is -1.76. The summed E-state index contributed by atoms with van der Waals surface area (Å²) in [6, 6.07) is 18.6. The van der Waals surface area contributed by atoms with Crippen LogP contribution in [0.15, 0.2) is 54.6 Å². The zero-order valence-electron chi connectivity index (χ0n) is 10.4. The van der Waals surface area contributed by atoms with E-state index >= 15 is 0 Å². The van der Waals surface area contributed by atoms with Gasteiger partial charge in [-0.25, -0.2) is 0 Å². The molecule has 1 unspecified atom stereocenters. The van der Waals surface area contributed by atoms with Crippen molar-refractivity contribution in [2.24, 2.45) is 0 Å². The zero-order chi connectivity index (χ0) is 12.1. The average molecular weight is 226 g/mol. The summed E-state index contributed by atoms with van der Waals surface area (Å²) >= 11 is 0. The van der Waals surface area contributed by atoms with Gasteiger partial charge in [0, 0.05) is 5.56 Å². The van der Waals surface area contributed by atoms with Crippen LogP contribution in [0.5, 0.6) is 5.75 Å². The van der Waals surface area contributed by atoms with Crippen LogP contribution in [0.3, 0.4) is 0 Å². The second kappa shape index (κ2) is 5.53. The first-order valence-corrected chi connectivity index (χ1v) is 6.12. The fraction of sp³-hybridized carbons (Fsp3) is 0.250. The van der Waals surface area contributed by atoms with Gasteiger partial charge >= 0.3 is 0 Å². The highest BCUT2D eigenvalue weighted by molar-refractivity contribution is 5.70. The van der Waals surface area contributed by atoms with Gasteiger partial charge in [-0.3, -0.25) is 0 Å². The molecule has 17 heavy (non-hydrogen) atoms. The van der Waals surface area contributed by atoms with E-state index < -0.39 is 0 Å². The fourth-order valence-electron chi connectivity index (χ4n) is 1.73. The number of benzene rings is 2. The van der Waals surface area contributed by atoms with Crippen molar-refractivity contribution in [3.05, 3.63) is 54.6 Å². The fourth-order valence-corrected chi connectivity index (χ4v) is 1.73. The van der Waals surface area contributed by atoms with Gasteiger partial charge in [0.1, 0.15) is 5.75 Å².